The Labute approximate surface area is 115 Å². The van der Waals surface area contributed by atoms with Crippen molar-refractivity contribution in [3.63, 3.8) is 0 Å². The maximum Gasteiger partial charge on any atom is 0.254 e. The zero-order valence-corrected chi connectivity index (χ0v) is 11.7. The van der Waals surface area contributed by atoms with Crippen LogP contribution in [0.1, 0.15) is 28.1 Å². The van der Waals surface area contributed by atoms with Crippen LogP contribution in [0.2, 0.25) is 0 Å². The Bertz CT molecular complexity index is 500. The average molecular weight is 277 g/mol. The molecule has 0 aromatic carbocycles. The van der Waals surface area contributed by atoms with E-state index in [1.807, 2.05) is 16.8 Å². The van der Waals surface area contributed by atoms with E-state index in [-0.39, 0.29) is 5.91 Å². The first-order valence-electron chi connectivity index (χ1n) is 6.20. The van der Waals surface area contributed by atoms with Gasteiger partial charge in [-0.1, -0.05) is 6.07 Å². The molecule has 1 amide bonds. The van der Waals surface area contributed by atoms with Crippen LogP contribution in [0.4, 0.5) is 0 Å². The van der Waals surface area contributed by atoms with E-state index in [4.69, 9.17) is 0 Å². The first-order valence-corrected chi connectivity index (χ1v) is 8.02. The third-order valence-corrected chi connectivity index (χ3v) is 4.82. The predicted octanol–water partition coefficient (Wildman–Crippen LogP) is 3.66. The number of rotatable bonds is 5. The van der Waals surface area contributed by atoms with E-state index >= 15 is 0 Å². The largest absolute Gasteiger partial charge is 0.335 e. The molecule has 2 aromatic rings. The van der Waals surface area contributed by atoms with Gasteiger partial charge in [-0.3, -0.25) is 4.79 Å². The van der Waals surface area contributed by atoms with Gasteiger partial charge in [-0.15, -0.1) is 11.3 Å². The normalized spacial score (nSPS) is 14.7. The van der Waals surface area contributed by atoms with Crippen molar-refractivity contribution < 1.29 is 4.79 Å². The number of carbonyl (C=O) groups excluding carboxylic acids is 1. The minimum Gasteiger partial charge on any atom is -0.335 e. The molecule has 1 saturated carbocycles. The molecule has 0 radical (unpaired) electrons. The van der Waals surface area contributed by atoms with Gasteiger partial charge in [-0.05, 0) is 42.2 Å². The SMILES string of the molecule is O=C(c1ccsc1)N(CCc1cccs1)C1CC1. The van der Waals surface area contributed by atoms with Crippen LogP contribution in [0.5, 0.6) is 0 Å². The summed E-state index contributed by atoms with van der Waals surface area (Å²) in [6.45, 7) is 0.847. The lowest BCUT2D eigenvalue weighted by molar-refractivity contribution is 0.0746. The van der Waals surface area contributed by atoms with Crippen LogP contribution in [-0.4, -0.2) is 23.4 Å². The highest BCUT2D eigenvalue weighted by Crippen LogP contribution is 2.29. The highest BCUT2D eigenvalue weighted by molar-refractivity contribution is 7.09. The van der Waals surface area contributed by atoms with Crippen LogP contribution in [0.15, 0.2) is 34.3 Å². The molecule has 1 aliphatic rings. The van der Waals surface area contributed by atoms with E-state index in [0.717, 1.165) is 18.5 Å². The number of amides is 1. The summed E-state index contributed by atoms with van der Waals surface area (Å²) in [5, 5.41) is 6.01. The maximum atomic E-state index is 12.4. The first-order chi connectivity index (χ1) is 8.84. The highest BCUT2D eigenvalue weighted by Gasteiger charge is 2.32. The summed E-state index contributed by atoms with van der Waals surface area (Å²) in [5.74, 6) is 0.204. The summed E-state index contributed by atoms with van der Waals surface area (Å²) in [7, 11) is 0. The molecule has 0 aliphatic heterocycles. The maximum absolute atomic E-state index is 12.4. The Kier molecular flexibility index (Phi) is 3.48. The number of hydrogen-bond acceptors (Lipinski definition) is 3. The molecular formula is C14H15NOS2. The van der Waals surface area contributed by atoms with Gasteiger partial charge >= 0.3 is 0 Å². The van der Waals surface area contributed by atoms with Gasteiger partial charge in [0.1, 0.15) is 0 Å². The van der Waals surface area contributed by atoms with Crippen molar-refractivity contribution >= 4 is 28.6 Å². The number of carbonyl (C=O) groups is 1. The van der Waals surface area contributed by atoms with Crippen LogP contribution >= 0.6 is 22.7 Å². The lowest BCUT2D eigenvalue weighted by atomic mass is 10.2. The van der Waals surface area contributed by atoms with Crippen molar-refractivity contribution in [3.05, 3.63) is 44.8 Å². The fraction of sp³-hybridized carbons (Fsp3) is 0.357. The predicted molar refractivity (Wildman–Crippen MR) is 76.4 cm³/mol. The lowest BCUT2D eigenvalue weighted by Crippen LogP contribution is -2.34. The summed E-state index contributed by atoms with van der Waals surface area (Å²) in [4.78, 5) is 15.8. The monoisotopic (exact) mass is 277 g/mol. The third-order valence-electron chi connectivity index (χ3n) is 3.20. The Morgan fingerprint density at radius 1 is 1.33 bits per heavy atom. The van der Waals surface area contributed by atoms with E-state index in [9.17, 15) is 4.79 Å². The van der Waals surface area contributed by atoms with Crippen molar-refractivity contribution in [1.29, 1.82) is 0 Å². The topological polar surface area (TPSA) is 20.3 Å². The molecule has 18 heavy (non-hydrogen) atoms. The fourth-order valence-electron chi connectivity index (χ4n) is 2.07. The van der Waals surface area contributed by atoms with E-state index in [1.54, 1.807) is 22.7 Å². The molecule has 94 valence electrons. The molecule has 0 atom stereocenters. The molecule has 3 rings (SSSR count). The fourth-order valence-corrected chi connectivity index (χ4v) is 3.40. The van der Waals surface area contributed by atoms with Crippen LogP contribution in [-0.2, 0) is 6.42 Å². The zero-order valence-electron chi connectivity index (χ0n) is 10.0. The molecule has 1 fully saturated rings. The molecule has 2 heterocycles. The minimum atomic E-state index is 0.204. The molecule has 0 saturated heterocycles. The molecule has 2 nitrogen and oxygen atoms in total. The summed E-state index contributed by atoms with van der Waals surface area (Å²) in [6, 6.07) is 6.62. The zero-order chi connectivity index (χ0) is 12.4. The minimum absolute atomic E-state index is 0.204. The van der Waals surface area contributed by atoms with E-state index < -0.39 is 0 Å². The van der Waals surface area contributed by atoms with Gasteiger partial charge in [0.2, 0.25) is 0 Å². The van der Waals surface area contributed by atoms with Gasteiger partial charge in [-0.2, -0.15) is 11.3 Å². The average Bonchev–Trinajstić information content (AvgIpc) is 2.89. The van der Waals surface area contributed by atoms with E-state index in [2.05, 4.69) is 22.4 Å². The molecule has 0 bridgehead atoms. The highest BCUT2D eigenvalue weighted by atomic mass is 32.1. The molecule has 0 spiro atoms. The second-order valence-corrected chi connectivity index (χ2v) is 6.38. The Morgan fingerprint density at radius 2 is 2.22 bits per heavy atom. The molecule has 1 aliphatic carbocycles. The third kappa shape index (κ3) is 2.65. The molecular weight excluding hydrogens is 262 g/mol. The van der Waals surface area contributed by atoms with Crippen LogP contribution < -0.4 is 0 Å². The van der Waals surface area contributed by atoms with Crippen molar-refractivity contribution in [3.8, 4) is 0 Å². The smallest absolute Gasteiger partial charge is 0.254 e. The van der Waals surface area contributed by atoms with Crippen molar-refractivity contribution in [2.24, 2.45) is 0 Å². The Balaban J connectivity index is 1.67. The summed E-state index contributed by atoms with van der Waals surface area (Å²) >= 11 is 3.36. The second kappa shape index (κ2) is 5.24. The lowest BCUT2D eigenvalue weighted by Gasteiger charge is -2.21. The summed E-state index contributed by atoms with van der Waals surface area (Å²) in [6.07, 6.45) is 3.31. The Hall–Kier alpha value is -1.13. The quantitative estimate of drug-likeness (QED) is 0.817. The number of nitrogens with zero attached hydrogens (tertiary/aromatic N) is 1. The van der Waals surface area contributed by atoms with Gasteiger partial charge in [0.15, 0.2) is 0 Å². The van der Waals surface area contributed by atoms with Crippen LogP contribution in [0.25, 0.3) is 0 Å². The van der Waals surface area contributed by atoms with Gasteiger partial charge in [0, 0.05) is 22.8 Å². The van der Waals surface area contributed by atoms with Gasteiger partial charge in [0.05, 0.1) is 5.56 Å². The second-order valence-electron chi connectivity index (χ2n) is 4.57. The molecule has 2 aromatic heterocycles. The van der Waals surface area contributed by atoms with E-state index in [0.29, 0.717) is 6.04 Å². The standard InChI is InChI=1S/C14H15NOS2/c16-14(11-6-9-17-10-11)15(12-3-4-12)7-5-13-2-1-8-18-13/h1-2,6,8-10,12H,3-5,7H2. The molecule has 0 unspecified atom stereocenters. The van der Waals surface area contributed by atoms with Crippen LogP contribution in [0.3, 0.4) is 0 Å². The first kappa shape index (κ1) is 11.9. The Morgan fingerprint density at radius 3 is 2.83 bits per heavy atom. The molecule has 0 N–H and O–H groups in total. The number of thiophene rings is 2. The summed E-state index contributed by atoms with van der Waals surface area (Å²) < 4.78 is 0. The summed E-state index contributed by atoms with van der Waals surface area (Å²) in [5.41, 5.74) is 0.845. The van der Waals surface area contributed by atoms with Gasteiger partial charge in [0.25, 0.3) is 5.91 Å². The van der Waals surface area contributed by atoms with Gasteiger partial charge < -0.3 is 4.90 Å². The van der Waals surface area contributed by atoms with Crippen molar-refractivity contribution in [2.75, 3.05) is 6.54 Å². The van der Waals surface area contributed by atoms with Crippen LogP contribution in [0, 0.1) is 0 Å². The van der Waals surface area contributed by atoms with Gasteiger partial charge in [-0.25, -0.2) is 0 Å². The number of hydrogen-bond donors (Lipinski definition) is 0. The van der Waals surface area contributed by atoms with Crippen molar-refractivity contribution in [1.82, 2.24) is 4.90 Å². The molecule has 4 heteroatoms. The van der Waals surface area contributed by atoms with E-state index in [1.165, 1.54) is 17.7 Å². The van der Waals surface area contributed by atoms with Crippen molar-refractivity contribution in [2.45, 2.75) is 25.3 Å².